The maximum atomic E-state index is 15.0. The highest BCUT2D eigenvalue weighted by Crippen LogP contribution is 2.33. The molecule has 2 aromatic rings. The van der Waals surface area contributed by atoms with Gasteiger partial charge in [-0.1, -0.05) is 0 Å². The normalized spacial score (nSPS) is 19.0. The second-order valence-corrected chi connectivity index (χ2v) is 10.0. The van der Waals surface area contributed by atoms with E-state index in [0.29, 0.717) is 29.5 Å². The van der Waals surface area contributed by atoms with Gasteiger partial charge in [0.1, 0.15) is 11.6 Å². The van der Waals surface area contributed by atoms with Gasteiger partial charge in [0, 0.05) is 36.9 Å². The molecule has 12 heteroatoms. The van der Waals surface area contributed by atoms with E-state index in [-0.39, 0.29) is 18.5 Å². The van der Waals surface area contributed by atoms with Crippen LogP contribution in [0.15, 0.2) is 36.4 Å². The van der Waals surface area contributed by atoms with Crippen molar-refractivity contribution in [3.05, 3.63) is 53.3 Å². The van der Waals surface area contributed by atoms with Crippen molar-refractivity contribution in [2.45, 2.75) is 24.4 Å². The molecule has 0 radical (unpaired) electrons. The van der Waals surface area contributed by atoms with Gasteiger partial charge in [0.2, 0.25) is 0 Å². The van der Waals surface area contributed by atoms with Crippen molar-refractivity contribution in [2.75, 3.05) is 43.5 Å². The van der Waals surface area contributed by atoms with Crippen LogP contribution in [0.3, 0.4) is 0 Å². The molecule has 7 nitrogen and oxygen atoms in total. The third kappa shape index (κ3) is 4.56. The average Bonchev–Trinajstić information content (AvgIpc) is 3.23. The maximum Gasteiger partial charge on any atom is 0.534 e. The van der Waals surface area contributed by atoms with Crippen LogP contribution < -0.4 is 14.0 Å². The standard InChI is InChI=1S/C22H23F4N3O4S/c1-27(2)16-8-9-28(13-16)20-6-3-15(12-19(20)23)29-10-7-14-11-17(4-5-18(14)21(29)30)33-34(31,32)22(24,25)26/h3-6,11-12,16H,7-10,13H2,1-2H3/t16-/m1/s1. The van der Waals surface area contributed by atoms with Gasteiger partial charge >= 0.3 is 15.6 Å². The summed E-state index contributed by atoms with van der Waals surface area (Å²) in [6.07, 6.45) is 1.15. The Bertz CT molecular complexity index is 1220. The van der Waals surface area contributed by atoms with Crippen LogP contribution in [0.1, 0.15) is 22.3 Å². The number of hydrogen-bond donors (Lipinski definition) is 0. The van der Waals surface area contributed by atoms with E-state index in [1.165, 1.54) is 17.0 Å². The molecule has 2 aromatic carbocycles. The zero-order chi connectivity index (χ0) is 24.8. The highest BCUT2D eigenvalue weighted by Gasteiger charge is 2.48. The molecular weight excluding hydrogens is 478 g/mol. The summed E-state index contributed by atoms with van der Waals surface area (Å²) in [6.45, 7) is 1.57. The Balaban J connectivity index is 1.52. The Hall–Kier alpha value is -2.86. The summed E-state index contributed by atoms with van der Waals surface area (Å²) >= 11 is 0. The van der Waals surface area contributed by atoms with Crippen molar-refractivity contribution >= 4 is 27.4 Å². The molecule has 34 heavy (non-hydrogen) atoms. The third-order valence-electron chi connectivity index (χ3n) is 6.12. The first-order valence-corrected chi connectivity index (χ1v) is 11.9. The molecule has 0 bridgehead atoms. The van der Waals surface area contributed by atoms with Crippen molar-refractivity contribution in [1.29, 1.82) is 0 Å². The van der Waals surface area contributed by atoms with Gasteiger partial charge in [0.15, 0.2) is 0 Å². The number of halogens is 4. The summed E-state index contributed by atoms with van der Waals surface area (Å²) in [5.74, 6) is -1.45. The molecule has 0 spiro atoms. The lowest BCUT2D eigenvalue weighted by Crippen LogP contribution is -2.38. The highest BCUT2D eigenvalue weighted by molar-refractivity contribution is 7.88. The average molecular weight is 502 g/mol. The van der Waals surface area contributed by atoms with Gasteiger partial charge in [0.25, 0.3) is 5.91 Å². The van der Waals surface area contributed by atoms with E-state index in [0.717, 1.165) is 25.1 Å². The molecule has 0 saturated carbocycles. The number of nitrogens with zero attached hydrogens (tertiary/aromatic N) is 3. The number of alkyl halides is 3. The summed E-state index contributed by atoms with van der Waals surface area (Å²) in [6, 6.07) is 8.24. The fraction of sp³-hybridized carbons (Fsp3) is 0.409. The van der Waals surface area contributed by atoms with Crippen LogP contribution in [0.2, 0.25) is 0 Å². The molecule has 2 aliphatic heterocycles. The topological polar surface area (TPSA) is 70.2 Å². The van der Waals surface area contributed by atoms with E-state index in [4.69, 9.17) is 0 Å². The van der Waals surface area contributed by atoms with Gasteiger partial charge in [-0.2, -0.15) is 21.6 Å². The summed E-state index contributed by atoms with van der Waals surface area (Å²) in [5, 5.41) is 0. The van der Waals surface area contributed by atoms with Crippen molar-refractivity contribution < 1.29 is 35.0 Å². The van der Waals surface area contributed by atoms with E-state index in [9.17, 15) is 30.8 Å². The lowest BCUT2D eigenvalue weighted by atomic mass is 9.98. The van der Waals surface area contributed by atoms with E-state index in [2.05, 4.69) is 9.08 Å². The minimum absolute atomic E-state index is 0.145. The molecule has 0 N–H and O–H groups in total. The smallest absolute Gasteiger partial charge is 0.376 e. The van der Waals surface area contributed by atoms with Crippen molar-refractivity contribution in [3.63, 3.8) is 0 Å². The number of benzene rings is 2. The fourth-order valence-electron chi connectivity index (χ4n) is 4.24. The number of amides is 1. The molecule has 1 fully saturated rings. The van der Waals surface area contributed by atoms with Crippen molar-refractivity contribution in [3.8, 4) is 5.75 Å². The molecule has 4 rings (SSSR count). The SMILES string of the molecule is CN(C)[C@@H]1CCN(c2ccc(N3CCc4cc(OS(=O)(=O)C(F)(F)F)ccc4C3=O)cc2F)C1. The molecular formula is C22H23F4N3O4S. The number of rotatable bonds is 5. The lowest BCUT2D eigenvalue weighted by molar-refractivity contribution is -0.0500. The van der Waals surface area contributed by atoms with Gasteiger partial charge in [-0.15, -0.1) is 0 Å². The summed E-state index contributed by atoms with van der Waals surface area (Å²) < 4.78 is 79.3. The number of fused-ring (bicyclic) bond motifs is 1. The fourth-order valence-corrected chi connectivity index (χ4v) is 4.69. The number of carbonyl (C=O) groups is 1. The van der Waals surface area contributed by atoms with Crippen LogP contribution in [-0.4, -0.2) is 64.5 Å². The van der Waals surface area contributed by atoms with Gasteiger partial charge in [-0.3, -0.25) is 4.79 Å². The predicted molar refractivity (Wildman–Crippen MR) is 118 cm³/mol. The predicted octanol–water partition coefficient (Wildman–Crippen LogP) is 3.40. The molecule has 1 atom stereocenters. The lowest BCUT2D eigenvalue weighted by Gasteiger charge is -2.29. The van der Waals surface area contributed by atoms with Crippen LogP contribution >= 0.6 is 0 Å². The third-order valence-corrected chi connectivity index (χ3v) is 7.10. The van der Waals surface area contributed by atoms with E-state index in [1.807, 2.05) is 19.0 Å². The quantitative estimate of drug-likeness (QED) is 0.356. The second kappa shape index (κ2) is 8.73. The van der Waals surface area contributed by atoms with Crippen LogP contribution in [0.4, 0.5) is 28.9 Å². The molecule has 0 aromatic heterocycles. The summed E-state index contributed by atoms with van der Waals surface area (Å²) in [7, 11) is -1.84. The van der Waals surface area contributed by atoms with Crippen molar-refractivity contribution in [2.24, 2.45) is 0 Å². The highest BCUT2D eigenvalue weighted by atomic mass is 32.2. The minimum Gasteiger partial charge on any atom is -0.376 e. The number of likely N-dealkylation sites (N-methyl/N-ethyl adjacent to an activating group) is 1. The second-order valence-electron chi connectivity index (χ2n) is 8.50. The van der Waals surface area contributed by atoms with E-state index in [1.54, 1.807) is 12.1 Å². The molecule has 2 aliphatic rings. The van der Waals surface area contributed by atoms with Crippen molar-refractivity contribution in [1.82, 2.24) is 4.90 Å². The van der Waals surface area contributed by atoms with Crippen LogP contribution in [0.5, 0.6) is 5.75 Å². The molecule has 1 saturated heterocycles. The van der Waals surface area contributed by atoms with E-state index < -0.39 is 33.1 Å². The first kappa shape index (κ1) is 24.3. The Kier molecular flexibility index (Phi) is 6.23. The zero-order valence-corrected chi connectivity index (χ0v) is 19.3. The number of hydrogen-bond acceptors (Lipinski definition) is 6. The Morgan fingerprint density at radius 3 is 2.44 bits per heavy atom. The first-order valence-electron chi connectivity index (χ1n) is 10.5. The van der Waals surface area contributed by atoms with Crippen LogP contribution in [0, 0.1) is 5.82 Å². The van der Waals surface area contributed by atoms with Gasteiger partial charge < -0.3 is 18.9 Å². The number of carbonyl (C=O) groups excluding carboxylic acids is 1. The van der Waals surface area contributed by atoms with Crippen LogP contribution in [0.25, 0.3) is 0 Å². The molecule has 184 valence electrons. The molecule has 0 unspecified atom stereocenters. The summed E-state index contributed by atoms with van der Waals surface area (Å²) in [5.41, 5.74) is -4.21. The summed E-state index contributed by atoms with van der Waals surface area (Å²) in [4.78, 5) is 18.4. The molecule has 0 aliphatic carbocycles. The molecule has 1 amide bonds. The van der Waals surface area contributed by atoms with E-state index >= 15 is 0 Å². The largest absolute Gasteiger partial charge is 0.534 e. The molecule has 2 heterocycles. The Morgan fingerprint density at radius 2 is 1.82 bits per heavy atom. The monoisotopic (exact) mass is 501 g/mol. The van der Waals surface area contributed by atoms with Gasteiger partial charge in [0.05, 0.1) is 5.69 Å². The Morgan fingerprint density at radius 1 is 1.09 bits per heavy atom. The van der Waals surface area contributed by atoms with Crippen LogP contribution in [-0.2, 0) is 16.5 Å². The van der Waals surface area contributed by atoms with Gasteiger partial charge in [-0.05, 0) is 68.9 Å². The number of anilines is 2. The first-order chi connectivity index (χ1) is 15.9. The minimum atomic E-state index is -5.81. The maximum absolute atomic E-state index is 15.0. The zero-order valence-electron chi connectivity index (χ0n) is 18.5. The Labute approximate surface area is 194 Å². The van der Waals surface area contributed by atoms with Gasteiger partial charge in [-0.25, -0.2) is 4.39 Å².